The van der Waals surface area contributed by atoms with Crippen molar-refractivity contribution in [3.8, 4) is 16.9 Å². The number of aliphatic carboxylic acids is 1. The first-order chi connectivity index (χ1) is 16.1. The summed E-state index contributed by atoms with van der Waals surface area (Å²) in [5, 5.41) is 13.3. The minimum atomic E-state index is -0.963. The van der Waals surface area contributed by atoms with Gasteiger partial charge in [-0.15, -0.1) is 0 Å². The number of carboxylic acids is 1. The first-order valence-corrected chi connectivity index (χ1v) is 10.8. The van der Waals surface area contributed by atoms with Gasteiger partial charge in [-0.2, -0.15) is 0 Å². The fourth-order valence-electron chi connectivity index (χ4n) is 3.19. The van der Waals surface area contributed by atoms with Crippen molar-refractivity contribution in [2.75, 3.05) is 19.8 Å². The summed E-state index contributed by atoms with van der Waals surface area (Å²) in [5.74, 6) is -0.284. The number of rotatable bonds is 12. The zero-order valence-electron chi connectivity index (χ0n) is 18.8. The molecule has 0 spiro atoms. The van der Waals surface area contributed by atoms with Crippen LogP contribution in [0.1, 0.15) is 25.0 Å². The Kier molecular flexibility index (Phi) is 8.97. The monoisotopic (exact) mass is 448 g/mol. The van der Waals surface area contributed by atoms with Crippen molar-refractivity contribution in [1.82, 2.24) is 4.98 Å². The summed E-state index contributed by atoms with van der Waals surface area (Å²) in [6.45, 7) is 4.68. The molecular weight excluding hydrogens is 420 g/mol. The highest BCUT2D eigenvalue weighted by Gasteiger charge is 2.17. The van der Waals surface area contributed by atoms with Crippen molar-refractivity contribution in [2.45, 2.75) is 26.4 Å². The minimum absolute atomic E-state index is 0.305. The molecule has 0 radical (unpaired) electrons. The minimum Gasteiger partial charge on any atom is -0.490 e. The standard InChI is InChI=1S/C26H28N2O5/c1-3-31-25(26(29)30)18-20-4-10-24(11-5-20)32-16-17-33-28-19(2)21-6-8-22(9-7-21)23-12-14-27-15-13-23/h4-15,25H,3,16-18H2,1-2H3,(H,29,30)/b28-19-. The van der Waals surface area contributed by atoms with Crippen LogP contribution in [0.3, 0.4) is 0 Å². The molecule has 0 aliphatic carbocycles. The van der Waals surface area contributed by atoms with Crippen LogP contribution in [0.4, 0.5) is 0 Å². The van der Waals surface area contributed by atoms with E-state index in [1.165, 1.54) is 0 Å². The smallest absolute Gasteiger partial charge is 0.333 e. The number of carboxylic acid groups (broad SMARTS) is 1. The summed E-state index contributed by atoms with van der Waals surface area (Å²) in [6.07, 6.45) is 3.02. The van der Waals surface area contributed by atoms with Gasteiger partial charge in [0.1, 0.15) is 12.4 Å². The Labute approximate surface area is 193 Å². The van der Waals surface area contributed by atoms with Crippen LogP contribution < -0.4 is 4.74 Å². The van der Waals surface area contributed by atoms with Crippen LogP contribution in [0.5, 0.6) is 5.75 Å². The Morgan fingerprint density at radius 3 is 2.27 bits per heavy atom. The lowest BCUT2D eigenvalue weighted by Gasteiger charge is -2.12. The van der Waals surface area contributed by atoms with Gasteiger partial charge in [0.2, 0.25) is 0 Å². The summed E-state index contributed by atoms with van der Waals surface area (Å²) in [7, 11) is 0. The maximum atomic E-state index is 11.2. The SMILES string of the molecule is CCOC(Cc1ccc(OCCO/N=C(/C)c2ccc(-c3ccncc3)cc2)cc1)C(=O)O. The lowest BCUT2D eigenvalue weighted by Crippen LogP contribution is -2.26. The summed E-state index contributed by atoms with van der Waals surface area (Å²) < 4.78 is 10.9. The third-order valence-electron chi connectivity index (χ3n) is 4.95. The first kappa shape index (κ1) is 23.9. The third kappa shape index (κ3) is 7.43. The van der Waals surface area contributed by atoms with Crippen LogP contribution in [0.15, 0.2) is 78.2 Å². The predicted octanol–water partition coefficient (Wildman–Crippen LogP) is 4.60. The lowest BCUT2D eigenvalue weighted by atomic mass is 10.0. The van der Waals surface area contributed by atoms with E-state index < -0.39 is 12.1 Å². The number of oxime groups is 1. The van der Waals surface area contributed by atoms with Crippen LogP contribution in [0.2, 0.25) is 0 Å². The zero-order valence-corrected chi connectivity index (χ0v) is 18.8. The molecule has 33 heavy (non-hydrogen) atoms. The Morgan fingerprint density at radius 2 is 1.64 bits per heavy atom. The molecule has 7 heteroatoms. The van der Waals surface area contributed by atoms with Crippen molar-refractivity contribution in [2.24, 2.45) is 5.16 Å². The molecule has 1 heterocycles. The Morgan fingerprint density at radius 1 is 0.970 bits per heavy atom. The normalized spacial score (nSPS) is 12.2. The number of carbonyl (C=O) groups is 1. The van der Waals surface area contributed by atoms with Crippen LogP contribution in [-0.2, 0) is 20.8 Å². The van der Waals surface area contributed by atoms with Gasteiger partial charge in [0.25, 0.3) is 0 Å². The quantitative estimate of drug-likeness (QED) is 0.247. The second-order valence-corrected chi connectivity index (χ2v) is 7.30. The molecule has 0 bridgehead atoms. The van der Waals surface area contributed by atoms with Crippen LogP contribution in [-0.4, -0.2) is 47.7 Å². The van der Waals surface area contributed by atoms with E-state index in [0.717, 1.165) is 28.0 Å². The molecule has 0 saturated heterocycles. The Balaban J connectivity index is 1.42. The van der Waals surface area contributed by atoms with E-state index >= 15 is 0 Å². The molecule has 0 amide bonds. The zero-order chi connectivity index (χ0) is 23.5. The number of pyridine rings is 1. The van der Waals surface area contributed by atoms with Crippen LogP contribution in [0.25, 0.3) is 11.1 Å². The highest BCUT2D eigenvalue weighted by atomic mass is 16.6. The summed E-state index contributed by atoms with van der Waals surface area (Å²) in [5.41, 5.74) is 4.86. The largest absolute Gasteiger partial charge is 0.490 e. The molecule has 1 N–H and O–H groups in total. The van der Waals surface area contributed by atoms with E-state index in [1.54, 1.807) is 31.5 Å². The average molecular weight is 449 g/mol. The lowest BCUT2D eigenvalue weighted by molar-refractivity contribution is -0.149. The molecule has 7 nitrogen and oxygen atoms in total. The molecule has 0 saturated carbocycles. The molecule has 172 valence electrons. The van der Waals surface area contributed by atoms with E-state index in [0.29, 0.717) is 32.0 Å². The van der Waals surface area contributed by atoms with Crippen molar-refractivity contribution >= 4 is 11.7 Å². The number of hydrogen-bond donors (Lipinski definition) is 1. The van der Waals surface area contributed by atoms with Crippen molar-refractivity contribution in [1.29, 1.82) is 0 Å². The number of nitrogens with zero attached hydrogens (tertiary/aromatic N) is 2. The number of benzene rings is 2. The van der Waals surface area contributed by atoms with Crippen LogP contribution in [0, 0.1) is 0 Å². The molecular formula is C26H28N2O5. The first-order valence-electron chi connectivity index (χ1n) is 10.8. The topological polar surface area (TPSA) is 90.2 Å². The number of hydrogen-bond acceptors (Lipinski definition) is 6. The maximum absolute atomic E-state index is 11.2. The molecule has 0 aliphatic rings. The molecule has 1 aromatic heterocycles. The van der Waals surface area contributed by atoms with E-state index in [9.17, 15) is 9.90 Å². The molecule has 0 aliphatic heterocycles. The molecule has 1 atom stereocenters. The van der Waals surface area contributed by atoms with Gasteiger partial charge in [0, 0.05) is 25.4 Å². The van der Waals surface area contributed by atoms with Gasteiger partial charge in [-0.05, 0) is 60.4 Å². The summed E-state index contributed by atoms with van der Waals surface area (Å²) in [6, 6.07) is 19.3. The predicted molar refractivity (Wildman–Crippen MR) is 127 cm³/mol. The van der Waals surface area contributed by atoms with E-state index in [2.05, 4.69) is 10.1 Å². The van der Waals surface area contributed by atoms with Crippen molar-refractivity contribution < 1.29 is 24.2 Å². The second kappa shape index (κ2) is 12.4. The number of ether oxygens (including phenoxy) is 2. The Bertz CT molecular complexity index is 1030. The second-order valence-electron chi connectivity index (χ2n) is 7.30. The molecule has 3 rings (SSSR count). The Hall–Kier alpha value is -3.71. The van der Waals surface area contributed by atoms with Crippen molar-refractivity contribution in [3.63, 3.8) is 0 Å². The fraction of sp³-hybridized carbons (Fsp3) is 0.269. The van der Waals surface area contributed by atoms with E-state index in [4.69, 9.17) is 14.3 Å². The van der Waals surface area contributed by atoms with Gasteiger partial charge in [0.15, 0.2) is 12.7 Å². The summed E-state index contributed by atoms with van der Waals surface area (Å²) >= 11 is 0. The molecule has 3 aromatic rings. The van der Waals surface area contributed by atoms with Gasteiger partial charge in [-0.3, -0.25) is 4.98 Å². The van der Waals surface area contributed by atoms with Gasteiger partial charge in [0.05, 0.1) is 5.71 Å². The molecule has 1 unspecified atom stereocenters. The van der Waals surface area contributed by atoms with Gasteiger partial charge in [-0.25, -0.2) is 4.79 Å². The van der Waals surface area contributed by atoms with Crippen LogP contribution >= 0.6 is 0 Å². The van der Waals surface area contributed by atoms with Gasteiger partial charge in [-0.1, -0.05) is 41.6 Å². The average Bonchev–Trinajstić information content (AvgIpc) is 2.85. The molecule has 0 fully saturated rings. The van der Waals surface area contributed by atoms with Gasteiger partial charge < -0.3 is 19.4 Å². The number of aromatic nitrogens is 1. The highest BCUT2D eigenvalue weighted by molar-refractivity contribution is 5.98. The van der Waals surface area contributed by atoms with Gasteiger partial charge >= 0.3 is 5.97 Å². The highest BCUT2D eigenvalue weighted by Crippen LogP contribution is 2.19. The third-order valence-corrected chi connectivity index (χ3v) is 4.95. The van der Waals surface area contributed by atoms with E-state index in [1.807, 2.05) is 55.5 Å². The summed E-state index contributed by atoms with van der Waals surface area (Å²) in [4.78, 5) is 20.6. The molecule has 2 aromatic carbocycles. The maximum Gasteiger partial charge on any atom is 0.333 e. The van der Waals surface area contributed by atoms with E-state index in [-0.39, 0.29) is 0 Å². The van der Waals surface area contributed by atoms with Crippen molar-refractivity contribution in [3.05, 3.63) is 84.2 Å². The fourth-order valence-corrected chi connectivity index (χ4v) is 3.19.